The predicted octanol–water partition coefficient (Wildman–Crippen LogP) is 9.37. The molecule has 0 bridgehead atoms. The number of ether oxygens (including phenoxy) is 2. The fourth-order valence-corrected chi connectivity index (χ4v) is 5.19. The molecule has 0 heterocycles. The van der Waals surface area contributed by atoms with Crippen LogP contribution in [0.1, 0.15) is 104 Å². The van der Waals surface area contributed by atoms with Gasteiger partial charge in [0.05, 0.1) is 11.1 Å². The monoisotopic (exact) mass is 706 g/mol. The molecule has 4 N–H and O–H groups in total. The lowest BCUT2D eigenvalue weighted by Gasteiger charge is -2.19. The number of aromatic hydroxyl groups is 4. The Hall–Kier alpha value is -5.12. The number of aryl methyl sites for hydroxylation is 2. The Morgan fingerprint density at radius 2 is 1.18 bits per heavy atom. The number of hydrogen-bond acceptors (Lipinski definition) is 8. The van der Waals surface area contributed by atoms with Gasteiger partial charge >= 0.3 is 0 Å². The van der Waals surface area contributed by atoms with E-state index in [4.69, 9.17) is 9.47 Å². The second-order valence-corrected chi connectivity index (χ2v) is 13.3. The zero-order valence-electron chi connectivity index (χ0n) is 29.9. The van der Waals surface area contributed by atoms with E-state index in [1.165, 1.54) is 17.7 Å². The summed E-state index contributed by atoms with van der Waals surface area (Å²) < 4.78 is 37.1. The number of unbranched alkanes of at least 4 members (excludes halogenated alkanes) is 3. The Bertz CT molecular complexity index is 1780. The zero-order valence-corrected chi connectivity index (χ0v) is 29.9. The van der Waals surface area contributed by atoms with Gasteiger partial charge in [0.1, 0.15) is 34.6 Å². The molecule has 10 heteroatoms. The molecular weight excluding hydrogens is 658 g/mol. The third kappa shape index (κ3) is 12.0. The lowest BCUT2D eigenvalue weighted by Crippen LogP contribution is -2.13. The van der Waals surface area contributed by atoms with E-state index in [-0.39, 0.29) is 57.7 Å². The summed E-state index contributed by atoms with van der Waals surface area (Å²) in [4.78, 5) is 24.7. The molecule has 0 saturated carbocycles. The van der Waals surface area contributed by atoms with E-state index in [1.54, 1.807) is 6.07 Å². The average Bonchev–Trinajstić information content (AvgIpc) is 3.07. The number of rotatable bonds is 15. The van der Waals surface area contributed by atoms with Gasteiger partial charge in [-0.05, 0) is 77.8 Å². The van der Waals surface area contributed by atoms with E-state index in [1.807, 2.05) is 31.2 Å². The Morgan fingerprint density at radius 1 is 0.627 bits per heavy atom. The first kappa shape index (κ1) is 40.3. The van der Waals surface area contributed by atoms with Crippen LogP contribution in [0.5, 0.6) is 34.5 Å². The van der Waals surface area contributed by atoms with Crippen LogP contribution in [0.3, 0.4) is 0 Å². The van der Waals surface area contributed by atoms with E-state index in [2.05, 4.69) is 27.7 Å². The van der Waals surface area contributed by atoms with Gasteiger partial charge < -0.3 is 29.9 Å². The number of carbonyl (C=O) groups excluding carboxylic acids is 2. The van der Waals surface area contributed by atoms with Crippen LogP contribution in [0, 0.1) is 11.6 Å². The molecule has 0 radical (unpaired) electrons. The average molecular weight is 707 g/mol. The highest BCUT2D eigenvalue weighted by Gasteiger charge is 2.18. The lowest BCUT2D eigenvalue weighted by molar-refractivity contribution is 0.0910. The minimum Gasteiger partial charge on any atom is -0.508 e. The second kappa shape index (κ2) is 18.8. The Labute approximate surface area is 298 Å². The van der Waals surface area contributed by atoms with Crippen LogP contribution >= 0.6 is 0 Å². The van der Waals surface area contributed by atoms with Gasteiger partial charge in [0, 0.05) is 18.2 Å². The van der Waals surface area contributed by atoms with Crippen molar-refractivity contribution >= 4 is 11.6 Å². The van der Waals surface area contributed by atoms with Gasteiger partial charge in [-0.3, -0.25) is 9.59 Å². The summed E-state index contributed by atoms with van der Waals surface area (Å²) in [6.45, 7) is 9.79. The highest BCUT2D eigenvalue weighted by atomic mass is 19.1. The van der Waals surface area contributed by atoms with Crippen LogP contribution in [0.25, 0.3) is 0 Å². The lowest BCUT2D eigenvalue weighted by atomic mass is 9.87. The van der Waals surface area contributed by atoms with Gasteiger partial charge in [-0.15, -0.1) is 0 Å². The summed E-state index contributed by atoms with van der Waals surface area (Å²) in [5.41, 5.74) is 2.63. The van der Waals surface area contributed by atoms with Gasteiger partial charge in [0.15, 0.2) is 24.8 Å². The van der Waals surface area contributed by atoms with Crippen molar-refractivity contribution in [1.82, 2.24) is 0 Å². The predicted molar refractivity (Wildman–Crippen MR) is 193 cm³/mol. The summed E-state index contributed by atoms with van der Waals surface area (Å²) in [5, 5.41) is 39.6. The summed E-state index contributed by atoms with van der Waals surface area (Å²) in [6.07, 6.45) is 6.10. The molecular formula is C41H48F2O8. The largest absolute Gasteiger partial charge is 0.508 e. The SMILES string of the molecule is CCCCCCc1cc(C(=O)COc2ccc(F)cc2F)c(O)cc1O.CCCc1cc(C(=O)COc2ccc(C(C)(C)C)cc2)c(O)cc1O. The highest BCUT2D eigenvalue weighted by Crippen LogP contribution is 2.31. The number of carbonyl (C=O) groups is 2. The minimum absolute atomic E-state index is 0.00388. The number of Topliss-reactive ketones (excluding diaryl/α,β-unsaturated/α-hetero) is 2. The number of phenolic OH excluding ortho intramolecular Hbond substituents is 4. The maximum atomic E-state index is 13.5. The normalized spacial score (nSPS) is 11.0. The molecule has 0 fully saturated rings. The molecule has 0 atom stereocenters. The standard InChI is InChI=1S/C21H26O4.C20H22F2O4/c1-5-6-14-11-17(19(23)12-18(14)22)20(24)13-25-16-9-7-15(8-10-16)21(2,3)4;1-2-3-4-5-6-13-9-15(18(24)11-17(13)23)19(25)12-26-20-8-7-14(21)10-16(20)22/h7-12,22-23H,5-6,13H2,1-4H3;7-11,23-24H,2-6,12H2,1H3. The summed E-state index contributed by atoms with van der Waals surface area (Å²) >= 11 is 0. The van der Waals surface area contributed by atoms with Crippen LogP contribution in [0.4, 0.5) is 8.78 Å². The first-order valence-corrected chi connectivity index (χ1v) is 17.1. The fourth-order valence-electron chi connectivity index (χ4n) is 5.19. The van der Waals surface area contributed by atoms with Crippen molar-refractivity contribution in [3.8, 4) is 34.5 Å². The Morgan fingerprint density at radius 3 is 1.69 bits per heavy atom. The molecule has 4 aromatic rings. The molecule has 0 amide bonds. The quantitative estimate of drug-likeness (QED) is 0.0710. The third-order valence-corrected chi connectivity index (χ3v) is 8.16. The number of benzene rings is 4. The molecule has 0 aliphatic carbocycles. The number of phenols is 4. The first-order valence-electron chi connectivity index (χ1n) is 17.1. The van der Waals surface area contributed by atoms with E-state index >= 15 is 0 Å². The van der Waals surface area contributed by atoms with Crippen LogP contribution in [-0.2, 0) is 18.3 Å². The first-order chi connectivity index (χ1) is 24.1. The number of hydrogen-bond donors (Lipinski definition) is 4. The summed E-state index contributed by atoms with van der Waals surface area (Å²) in [5.74, 6) is -2.85. The maximum absolute atomic E-state index is 13.5. The molecule has 0 aliphatic heterocycles. The molecule has 0 unspecified atom stereocenters. The number of halogens is 2. The molecule has 8 nitrogen and oxygen atoms in total. The maximum Gasteiger partial charge on any atom is 0.203 e. The van der Waals surface area contributed by atoms with Crippen LogP contribution < -0.4 is 9.47 Å². The molecule has 4 rings (SSSR count). The van der Waals surface area contributed by atoms with Crippen molar-refractivity contribution in [2.75, 3.05) is 13.2 Å². The molecule has 0 aromatic heterocycles. The van der Waals surface area contributed by atoms with E-state index in [0.29, 0.717) is 35.8 Å². The molecule has 0 aliphatic rings. The van der Waals surface area contributed by atoms with Crippen molar-refractivity contribution in [1.29, 1.82) is 0 Å². The van der Waals surface area contributed by atoms with Crippen molar-refractivity contribution < 1.29 is 48.3 Å². The van der Waals surface area contributed by atoms with Crippen LogP contribution in [0.15, 0.2) is 66.7 Å². The van der Waals surface area contributed by atoms with E-state index in [9.17, 15) is 38.8 Å². The van der Waals surface area contributed by atoms with E-state index < -0.39 is 24.0 Å². The second-order valence-electron chi connectivity index (χ2n) is 13.3. The van der Waals surface area contributed by atoms with Crippen LogP contribution in [-0.4, -0.2) is 45.2 Å². The topological polar surface area (TPSA) is 134 Å². The van der Waals surface area contributed by atoms with Crippen molar-refractivity contribution in [3.63, 3.8) is 0 Å². The van der Waals surface area contributed by atoms with Gasteiger partial charge in [-0.25, -0.2) is 8.78 Å². The molecule has 51 heavy (non-hydrogen) atoms. The summed E-state index contributed by atoms with van der Waals surface area (Å²) in [6, 6.07) is 15.7. The third-order valence-electron chi connectivity index (χ3n) is 8.16. The summed E-state index contributed by atoms with van der Waals surface area (Å²) in [7, 11) is 0. The number of ketones is 2. The van der Waals surface area contributed by atoms with Gasteiger partial charge in [0.25, 0.3) is 0 Å². The molecule has 4 aromatic carbocycles. The van der Waals surface area contributed by atoms with E-state index in [0.717, 1.165) is 50.3 Å². The Balaban J connectivity index is 0.000000276. The Kier molecular flexibility index (Phi) is 14.8. The fraction of sp³-hybridized carbons (Fsp3) is 0.366. The van der Waals surface area contributed by atoms with Crippen molar-refractivity contribution in [3.05, 3.63) is 106 Å². The smallest absolute Gasteiger partial charge is 0.203 e. The zero-order chi connectivity index (χ0) is 37.7. The van der Waals surface area contributed by atoms with Gasteiger partial charge in [-0.2, -0.15) is 0 Å². The molecule has 0 saturated heterocycles. The highest BCUT2D eigenvalue weighted by molar-refractivity contribution is 6.00. The molecule has 0 spiro atoms. The van der Waals surface area contributed by atoms with Crippen molar-refractivity contribution in [2.45, 2.75) is 85.0 Å². The van der Waals surface area contributed by atoms with Gasteiger partial charge in [0.2, 0.25) is 11.6 Å². The van der Waals surface area contributed by atoms with Gasteiger partial charge in [-0.1, -0.05) is 72.4 Å². The molecule has 274 valence electrons. The van der Waals surface area contributed by atoms with Crippen LogP contribution in [0.2, 0.25) is 0 Å². The minimum atomic E-state index is -0.913. The van der Waals surface area contributed by atoms with Crippen molar-refractivity contribution in [2.24, 2.45) is 0 Å².